The molecule has 0 spiro atoms. The van der Waals surface area contributed by atoms with Gasteiger partial charge in [-0.05, 0) is 53.6 Å². The summed E-state index contributed by atoms with van der Waals surface area (Å²) in [5.41, 5.74) is 9.68. The fourth-order valence-electron chi connectivity index (χ4n) is 5.53. The zero-order valence-electron chi connectivity index (χ0n) is 26.5. The summed E-state index contributed by atoms with van der Waals surface area (Å²) in [5.74, 6) is 0.0590. The molecule has 6 rings (SSSR count). The highest BCUT2D eigenvalue weighted by Gasteiger charge is 2.29. The molecule has 0 amide bonds. The molecule has 1 aliphatic carbocycles. The van der Waals surface area contributed by atoms with Crippen molar-refractivity contribution in [2.24, 2.45) is 10.8 Å². The van der Waals surface area contributed by atoms with E-state index in [1.165, 1.54) is 30.3 Å². The molecule has 0 radical (unpaired) electrons. The Kier molecular flexibility index (Phi) is 12.2. The molecule has 7 N–H and O–H groups in total. The minimum Gasteiger partial charge on any atom is -0.338 e. The van der Waals surface area contributed by atoms with Crippen molar-refractivity contribution >= 4 is 97.4 Å². The van der Waals surface area contributed by atoms with Crippen molar-refractivity contribution in [2.45, 2.75) is 9.79 Å². The highest BCUT2D eigenvalue weighted by molar-refractivity contribution is 7.99. The van der Waals surface area contributed by atoms with E-state index in [2.05, 4.69) is 54.4 Å². The number of rotatable bonds is 14. The summed E-state index contributed by atoms with van der Waals surface area (Å²) in [4.78, 5) is 31.0. The molecule has 2 aliphatic rings. The smallest absolute Gasteiger partial charge is 0.295 e. The van der Waals surface area contributed by atoms with Gasteiger partial charge in [0.2, 0.25) is 23.0 Å². The van der Waals surface area contributed by atoms with Gasteiger partial charge in [-0.3, -0.25) is 19.7 Å². The second kappa shape index (κ2) is 16.8. The number of Topliss-reactive ketones (excluding diaryl/α,β-unsaturated/α-hetero) is 1. The normalized spacial score (nSPS) is 15.9. The standard InChI is InChI=1S/C29H28ClN9O10S3/c30-27-33-28(35-29(34-27)39-12-10-38(9-8-31)11-13-39)32-17-4-5-18-16(14-17)15-22(50-48-46-41)24(25(18)40)37-36-21-7-6-19-20(26(21)51-49-47-42)2-1-3-23(19)52(43,44)45/h1-7,14-15,36,41-42H,8-13,31H2,(H,43,44,45)(H,32,33,34,35)/b37-24+. The topological polar surface area (TPSA) is 256 Å². The van der Waals surface area contributed by atoms with Gasteiger partial charge in [0.15, 0.2) is 0 Å². The van der Waals surface area contributed by atoms with Gasteiger partial charge in [0.1, 0.15) is 10.6 Å². The number of ketones is 1. The Hall–Kier alpha value is -4.01. The number of nitrogens with two attached hydrogens (primary N) is 1. The number of benzene rings is 3. The average molecular weight is 794 g/mol. The molecule has 0 unspecified atom stereocenters. The lowest BCUT2D eigenvalue weighted by molar-refractivity contribution is -0.432. The fraction of sp³-hybridized carbons (Fsp3) is 0.207. The van der Waals surface area contributed by atoms with E-state index >= 15 is 0 Å². The van der Waals surface area contributed by atoms with Gasteiger partial charge in [-0.25, -0.2) is 10.5 Å². The maximum absolute atomic E-state index is 13.8. The summed E-state index contributed by atoms with van der Waals surface area (Å²) in [6, 6.07) is 11.8. The van der Waals surface area contributed by atoms with E-state index in [0.29, 0.717) is 60.9 Å². The van der Waals surface area contributed by atoms with Crippen LogP contribution in [-0.4, -0.2) is 94.1 Å². The predicted molar refractivity (Wildman–Crippen MR) is 192 cm³/mol. The van der Waals surface area contributed by atoms with Crippen LogP contribution in [0.5, 0.6) is 0 Å². The molecule has 1 fully saturated rings. The third kappa shape index (κ3) is 8.61. The maximum Gasteiger partial charge on any atom is 0.295 e. The quantitative estimate of drug-likeness (QED) is 0.0451. The van der Waals surface area contributed by atoms with Crippen molar-refractivity contribution in [2.75, 3.05) is 54.9 Å². The Bertz CT molecular complexity index is 2160. The van der Waals surface area contributed by atoms with Gasteiger partial charge in [-0.2, -0.15) is 28.5 Å². The number of piperazine rings is 1. The molecule has 0 saturated carbocycles. The number of nitrogens with zero attached hydrogens (tertiary/aromatic N) is 6. The molecule has 3 aromatic carbocycles. The molecular formula is C29H28ClN9O10S3. The summed E-state index contributed by atoms with van der Waals surface area (Å²) in [7, 11) is -4.60. The third-order valence-corrected chi connectivity index (χ3v) is 10.3. The molecule has 2 heterocycles. The third-order valence-electron chi connectivity index (χ3n) is 7.82. The molecule has 1 saturated heterocycles. The molecule has 274 valence electrons. The zero-order chi connectivity index (χ0) is 36.8. The van der Waals surface area contributed by atoms with Crippen LogP contribution < -0.4 is 21.4 Å². The number of fused-ring (bicyclic) bond motifs is 2. The number of hydrogen-bond donors (Lipinski definition) is 6. The Labute approximate surface area is 308 Å². The van der Waals surface area contributed by atoms with Crippen molar-refractivity contribution in [3.63, 3.8) is 0 Å². The number of halogens is 1. The van der Waals surface area contributed by atoms with Gasteiger partial charge in [0, 0.05) is 61.3 Å². The fourth-order valence-corrected chi connectivity index (χ4v) is 7.45. The summed E-state index contributed by atoms with van der Waals surface area (Å²) in [6.07, 6.45) is 1.57. The molecule has 52 heavy (non-hydrogen) atoms. The van der Waals surface area contributed by atoms with Gasteiger partial charge in [-0.1, -0.05) is 28.3 Å². The lowest BCUT2D eigenvalue weighted by atomic mass is 9.94. The number of carbonyl (C=O) groups excluding carboxylic acids is 1. The minimum atomic E-state index is -4.60. The van der Waals surface area contributed by atoms with Gasteiger partial charge in [0.05, 0.1) is 39.6 Å². The van der Waals surface area contributed by atoms with Gasteiger partial charge < -0.3 is 16.0 Å². The highest BCUT2D eigenvalue weighted by Crippen LogP contribution is 2.39. The highest BCUT2D eigenvalue weighted by atomic mass is 35.5. The second-order valence-electron chi connectivity index (χ2n) is 10.9. The largest absolute Gasteiger partial charge is 0.338 e. The van der Waals surface area contributed by atoms with Crippen LogP contribution in [-0.2, 0) is 28.9 Å². The van der Waals surface area contributed by atoms with E-state index in [0.717, 1.165) is 19.6 Å². The van der Waals surface area contributed by atoms with Gasteiger partial charge in [0.25, 0.3) is 10.1 Å². The Morgan fingerprint density at radius 1 is 0.981 bits per heavy atom. The molecule has 4 aromatic rings. The van der Waals surface area contributed by atoms with Crippen molar-refractivity contribution in [3.05, 3.63) is 69.8 Å². The van der Waals surface area contributed by atoms with Crippen molar-refractivity contribution in [1.29, 1.82) is 0 Å². The Morgan fingerprint density at radius 2 is 1.75 bits per heavy atom. The van der Waals surface area contributed by atoms with Crippen LogP contribution in [0.3, 0.4) is 0 Å². The molecule has 0 atom stereocenters. The summed E-state index contributed by atoms with van der Waals surface area (Å²) in [5, 5.41) is 33.0. The van der Waals surface area contributed by atoms with Crippen LogP contribution in [0.1, 0.15) is 15.9 Å². The number of carbonyl (C=O) groups is 1. The first-order valence-electron chi connectivity index (χ1n) is 15.0. The molecule has 1 aliphatic heterocycles. The predicted octanol–water partition coefficient (Wildman–Crippen LogP) is 4.25. The zero-order valence-corrected chi connectivity index (χ0v) is 29.7. The minimum absolute atomic E-state index is 0.000374. The molecule has 19 nitrogen and oxygen atoms in total. The monoisotopic (exact) mass is 793 g/mol. The first kappa shape index (κ1) is 37.7. The van der Waals surface area contributed by atoms with Gasteiger partial charge >= 0.3 is 0 Å². The lowest BCUT2D eigenvalue weighted by Crippen LogP contribution is -2.48. The van der Waals surface area contributed by atoms with Crippen LogP contribution in [0.4, 0.5) is 23.3 Å². The summed E-state index contributed by atoms with van der Waals surface area (Å²) in [6.45, 7) is 4.36. The van der Waals surface area contributed by atoms with E-state index in [-0.39, 0.29) is 53.7 Å². The Morgan fingerprint density at radius 3 is 2.48 bits per heavy atom. The number of anilines is 4. The van der Waals surface area contributed by atoms with Crippen molar-refractivity contribution in [3.8, 4) is 0 Å². The van der Waals surface area contributed by atoms with Crippen LogP contribution in [0.2, 0.25) is 5.28 Å². The summed E-state index contributed by atoms with van der Waals surface area (Å²) < 4.78 is 43.0. The van der Waals surface area contributed by atoms with Crippen molar-refractivity contribution in [1.82, 2.24) is 19.9 Å². The second-order valence-corrected chi connectivity index (χ2v) is 14.1. The first-order valence-corrected chi connectivity index (χ1v) is 18.3. The molecular weight excluding hydrogens is 766 g/mol. The van der Waals surface area contributed by atoms with E-state index in [1.807, 2.05) is 4.90 Å². The molecule has 23 heteroatoms. The van der Waals surface area contributed by atoms with E-state index in [4.69, 9.17) is 27.8 Å². The number of aromatic nitrogens is 3. The summed E-state index contributed by atoms with van der Waals surface area (Å²) >= 11 is 7.25. The van der Waals surface area contributed by atoms with Crippen LogP contribution in [0.25, 0.3) is 16.8 Å². The molecule has 1 aromatic heterocycles. The Balaban J connectivity index is 1.28. The van der Waals surface area contributed by atoms with Crippen molar-refractivity contribution < 1.29 is 47.0 Å². The van der Waals surface area contributed by atoms with E-state index in [9.17, 15) is 17.8 Å². The lowest BCUT2D eigenvalue weighted by Gasteiger charge is -2.34. The maximum atomic E-state index is 13.8. The van der Waals surface area contributed by atoms with Crippen LogP contribution in [0.15, 0.2) is 68.3 Å². The first-order chi connectivity index (χ1) is 25.1. The number of nitrogens with one attached hydrogen (secondary N) is 2. The number of hydrogen-bond acceptors (Lipinski definition) is 20. The van der Waals surface area contributed by atoms with E-state index in [1.54, 1.807) is 24.3 Å². The number of hydrazone groups is 1. The van der Waals surface area contributed by atoms with Crippen LogP contribution >= 0.6 is 35.7 Å². The number of allylic oxidation sites excluding steroid dienone is 1. The van der Waals surface area contributed by atoms with Crippen LogP contribution in [0, 0.1) is 0 Å². The molecule has 0 bridgehead atoms. The van der Waals surface area contributed by atoms with E-state index < -0.39 is 15.9 Å². The SMILES string of the molecule is NCCN1CCN(c2nc(Cl)nc(Nc3ccc4c(c3)C=C(SOOO)/C(=N\Nc3ccc5c(S(=O)(=O)O)cccc5c3SOOO)C4=O)n2)CC1. The average Bonchev–Trinajstić information content (AvgIpc) is 3.12. The van der Waals surface area contributed by atoms with Gasteiger partial charge in [-0.15, -0.1) is 8.67 Å².